The smallest absolute Gasteiger partial charge is 0.265 e. The molecule has 0 fully saturated rings. The molecule has 0 aliphatic carbocycles. The number of unbranched alkanes of at least 4 members (excludes halogenated alkanes) is 1. The van der Waals surface area contributed by atoms with Crippen molar-refractivity contribution in [1.29, 1.82) is 0 Å². The van der Waals surface area contributed by atoms with Crippen LogP contribution in [0.25, 0.3) is 6.08 Å². The van der Waals surface area contributed by atoms with E-state index in [1.54, 1.807) is 12.1 Å². The van der Waals surface area contributed by atoms with E-state index >= 15 is 0 Å². The fourth-order valence-electron chi connectivity index (χ4n) is 3.85. The number of anilines is 1. The largest absolute Gasteiger partial charge is 0.494 e. The second-order valence-electron chi connectivity index (χ2n) is 8.55. The molecule has 3 aromatic carbocycles. The maximum absolute atomic E-state index is 13.4. The van der Waals surface area contributed by atoms with E-state index in [-0.39, 0.29) is 24.4 Å². The van der Waals surface area contributed by atoms with Gasteiger partial charge in [-0.2, -0.15) is 0 Å². The Bertz CT molecular complexity index is 1260. The molecule has 0 saturated carbocycles. The summed E-state index contributed by atoms with van der Waals surface area (Å²) in [6, 6.07) is 22.5. The van der Waals surface area contributed by atoms with E-state index in [9.17, 15) is 9.59 Å². The highest BCUT2D eigenvalue weighted by atomic mass is 35.5. The van der Waals surface area contributed by atoms with E-state index in [1.165, 1.54) is 16.7 Å². The Morgan fingerprint density at radius 2 is 1.81 bits per heavy atom. The highest BCUT2D eigenvalue weighted by Gasteiger charge is 2.30. The van der Waals surface area contributed by atoms with Gasteiger partial charge >= 0.3 is 0 Å². The number of hydrogen-bond donors (Lipinski definition) is 1. The molecule has 5 nitrogen and oxygen atoms in total. The summed E-state index contributed by atoms with van der Waals surface area (Å²) >= 11 is 7.70. The molecule has 186 valence electrons. The second kappa shape index (κ2) is 12.2. The zero-order chi connectivity index (χ0) is 25.5. The Balaban J connectivity index is 1.47. The summed E-state index contributed by atoms with van der Waals surface area (Å²) in [6.45, 7) is 4.66. The number of halogens is 1. The Morgan fingerprint density at radius 1 is 1.08 bits per heavy atom. The first-order valence-electron chi connectivity index (χ1n) is 12.0. The maximum atomic E-state index is 13.4. The molecule has 0 saturated heterocycles. The van der Waals surface area contributed by atoms with Crippen molar-refractivity contribution in [2.24, 2.45) is 0 Å². The van der Waals surface area contributed by atoms with Gasteiger partial charge in [-0.15, -0.1) is 0 Å². The van der Waals surface area contributed by atoms with Gasteiger partial charge in [-0.05, 0) is 60.9 Å². The van der Waals surface area contributed by atoms with Gasteiger partial charge in [0.2, 0.25) is 5.91 Å². The van der Waals surface area contributed by atoms with Crippen molar-refractivity contribution in [2.45, 2.75) is 37.6 Å². The lowest BCUT2D eigenvalue weighted by Crippen LogP contribution is -2.43. The van der Waals surface area contributed by atoms with Crippen LogP contribution in [0.2, 0.25) is 5.02 Å². The van der Waals surface area contributed by atoms with Gasteiger partial charge in [-0.25, -0.2) is 0 Å². The SMILES string of the molecule is CCCCOc1ccc([C@@H](C)NC(=O)CN2C(=O)/C(=C\c3ccccc3Cl)Sc3ccccc32)cc1. The summed E-state index contributed by atoms with van der Waals surface area (Å²) in [5.74, 6) is 0.351. The normalized spacial score (nSPS) is 14.9. The molecule has 1 aliphatic heterocycles. The minimum Gasteiger partial charge on any atom is -0.494 e. The Labute approximate surface area is 221 Å². The van der Waals surface area contributed by atoms with Gasteiger partial charge in [0.15, 0.2) is 0 Å². The first-order valence-corrected chi connectivity index (χ1v) is 13.2. The number of amides is 2. The third-order valence-electron chi connectivity index (χ3n) is 5.85. The zero-order valence-electron chi connectivity index (χ0n) is 20.4. The molecule has 1 aliphatic rings. The monoisotopic (exact) mass is 520 g/mol. The van der Waals surface area contributed by atoms with Crippen LogP contribution in [0.5, 0.6) is 5.75 Å². The number of rotatable bonds is 9. The van der Waals surface area contributed by atoms with Gasteiger partial charge in [-0.1, -0.05) is 79.2 Å². The third-order valence-corrected chi connectivity index (χ3v) is 7.27. The van der Waals surface area contributed by atoms with E-state index in [0.717, 1.165) is 40.3 Å². The second-order valence-corrected chi connectivity index (χ2v) is 10.0. The molecule has 3 aromatic rings. The highest BCUT2D eigenvalue weighted by molar-refractivity contribution is 8.04. The average Bonchev–Trinajstić information content (AvgIpc) is 2.88. The number of para-hydroxylation sites is 1. The van der Waals surface area contributed by atoms with Gasteiger partial charge in [0.25, 0.3) is 5.91 Å². The minimum atomic E-state index is -0.238. The summed E-state index contributed by atoms with van der Waals surface area (Å²) < 4.78 is 5.72. The summed E-state index contributed by atoms with van der Waals surface area (Å²) in [7, 11) is 0. The molecule has 1 N–H and O–H groups in total. The molecule has 0 spiro atoms. The van der Waals surface area contributed by atoms with E-state index in [1.807, 2.05) is 73.7 Å². The van der Waals surface area contributed by atoms with Gasteiger partial charge in [0.1, 0.15) is 12.3 Å². The predicted octanol–water partition coefficient (Wildman–Crippen LogP) is 6.88. The Morgan fingerprint density at radius 3 is 2.56 bits per heavy atom. The molecule has 2 amide bonds. The van der Waals surface area contributed by atoms with Crippen LogP contribution >= 0.6 is 23.4 Å². The molecule has 1 heterocycles. The fraction of sp³-hybridized carbons (Fsp3) is 0.241. The first-order chi connectivity index (χ1) is 17.5. The van der Waals surface area contributed by atoms with Crippen LogP contribution in [0.4, 0.5) is 5.69 Å². The van der Waals surface area contributed by atoms with Crippen molar-refractivity contribution in [3.05, 3.63) is 93.9 Å². The van der Waals surface area contributed by atoms with Crippen LogP contribution in [-0.2, 0) is 9.59 Å². The summed E-state index contributed by atoms with van der Waals surface area (Å²) in [5.41, 5.74) is 2.45. The number of benzene rings is 3. The van der Waals surface area contributed by atoms with Crippen molar-refractivity contribution in [1.82, 2.24) is 5.32 Å². The number of nitrogens with zero attached hydrogens (tertiary/aromatic N) is 1. The van der Waals surface area contributed by atoms with Crippen LogP contribution < -0.4 is 15.0 Å². The molecule has 0 bridgehead atoms. The van der Waals surface area contributed by atoms with Crippen molar-refractivity contribution < 1.29 is 14.3 Å². The number of nitrogens with one attached hydrogen (secondary N) is 1. The van der Waals surface area contributed by atoms with E-state index < -0.39 is 0 Å². The molecular weight excluding hydrogens is 492 g/mol. The van der Waals surface area contributed by atoms with Gasteiger partial charge in [-0.3, -0.25) is 14.5 Å². The maximum Gasteiger partial charge on any atom is 0.265 e. The molecule has 7 heteroatoms. The van der Waals surface area contributed by atoms with E-state index in [4.69, 9.17) is 16.3 Å². The number of hydrogen-bond acceptors (Lipinski definition) is 4. The third kappa shape index (κ3) is 6.31. The topological polar surface area (TPSA) is 58.6 Å². The van der Waals surface area contributed by atoms with E-state index in [0.29, 0.717) is 16.5 Å². The van der Waals surface area contributed by atoms with Crippen LogP contribution in [0.1, 0.15) is 43.9 Å². The molecule has 36 heavy (non-hydrogen) atoms. The number of carbonyl (C=O) groups excluding carboxylic acids is 2. The zero-order valence-corrected chi connectivity index (χ0v) is 21.9. The van der Waals surface area contributed by atoms with E-state index in [2.05, 4.69) is 12.2 Å². The highest BCUT2D eigenvalue weighted by Crippen LogP contribution is 2.42. The number of ether oxygens (including phenoxy) is 1. The van der Waals surface area contributed by atoms with Gasteiger partial charge < -0.3 is 10.1 Å². The van der Waals surface area contributed by atoms with Crippen LogP contribution in [-0.4, -0.2) is 25.0 Å². The molecular formula is C29H29ClN2O3S. The van der Waals surface area contributed by atoms with Crippen molar-refractivity contribution in [3.8, 4) is 5.75 Å². The first kappa shape index (κ1) is 25.9. The minimum absolute atomic E-state index is 0.0845. The lowest BCUT2D eigenvalue weighted by molar-refractivity contribution is -0.122. The van der Waals surface area contributed by atoms with Crippen LogP contribution in [0.3, 0.4) is 0 Å². The quantitative estimate of drug-likeness (QED) is 0.247. The van der Waals surface area contributed by atoms with Crippen molar-refractivity contribution in [2.75, 3.05) is 18.1 Å². The van der Waals surface area contributed by atoms with Gasteiger partial charge in [0.05, 0.1) is 23.2 Å². The summed E-state index contributed by atoms with van der Waals surface area (Å²) in [5, 5.41) is 3.59. The summed E-state index contributed by atoms with van der Waals surface area (Å²) in [4.78, 5) is 29.4. The van der Waals surface area contributed by atoms with Crippen molar-refractivity contribution >= 4 is 46.9 Å². The number of fused-ring (bicyclic) bond motifs is 1. The van der Waals surface area contributed by atoms with Gasteiger partial charge in [0, 0.05) is 9.92 Å². The van der Waals surface area contributed by atoms with Crippen LogP contribution in [0.15, 0.2) is 82.6 Å². The molecule has 0 unspecified atom stereocenters. The van der Waals surface area contributed by atoms with Crippen molar-refractivity contribution in [3.63, 3.8) is 0 Å². The predicted molar refractivity (Wildman–Crippen MR) is 147 cm³/mol. The lowest BCUT2D eigenvalue weighted by atomic mass is 10.1. The fourth-order valence-corrected chi connectivity index (χ4v) is 5.09. The van der Waals surface area contributed by atoms with Crippen LogP contribution in [0, 0.1) is 0 Å². The summed E-state index contributed by atoms with van der Waals surface area (Å²) in [6.07, 6.45) is 3.88. The Kier molecular flexibility index (Phi) is 8.73. The molecule has 0 radical (unpaired) electrons. The number of carbonyl (C=O) groups is 2. The molecule has 4 rings (SSSR count). The standard InChI is InChI=1S/C29H29ClN2O3S/c1-3-4-17-35-23-15-13-21(14-16-23)20(2)31-28(33)19-32-25-11-7-8-12-26(25)36-27(29(32)34)18-22-9-5-6-10-24(22)30/h5-16,18,20H,3-4,17,19H2,1-2H3,(H,31,33)/b27-18+/t20-/m1/s1. The molecule has 1 atom stereocenters. The number of thioether (sulfide) groups is 1. The Hall–Kier alpha value is -3.22. The average molecular weight is 521 g/mol. The lowest BCUT2D eigenvalue weighted by Gasteiger charge is -2.30. The molecule has 0 aromatic heterocycles.